The molecule has 1 nitrogen and oxygen atoms in total. The zero-order valence-corrected chi connectivity index (χ0v) is 14.3. The summed E-state index contributed by atoms with van der Waals surface area (Å²) < 4.78 is 0. The standard InChI is InChI=1S/C17H23NS2/c1-12(11-17-8-5-13(2)20-17)18-14(3)15-6-9-16(19-4)10-7-15/h5-10,12,14,18H,11H2,1-4H3. The van der Waals surface area contributed by atoms with Crippen molar-refractivity contribution in [2.45, 2.75) is 44.2 Å². The fourth-order valence-corrected chi connectivity index (χ4v) is 3.80. The van der Waals surface area contributed by atoms with Crippen LogP contribution in [0.2, 0.25) is 0 Å². The number of aryl methyl sites for hydroxylation is 1. The van der Waals surface area contributed by atoms with Crippen LogP contribution in [0.4, 0.5) is 0 Å². The summed E-state index contributed by atoms with van der Waals surface area (Å²) in [6.07, 6.45) is 3.22. The van der Waals surface area contributed by atoms with Gasteiger partial charge >= 0.3 is 0 Å². The first-order valence-electron chi connectivity index (χ1n) is 7.04. The second kappa shape index (κ2) is 7.30. The molecule has 0 saturated heterocycles. The van der Waals surface area contributed by atoms with E-state index in [1.54, 1.807) is 11.8 Å². The highest BCUT2D eigenvalue weighted by molar-refractivity contribution is 7.98. The second-order valence-electron chi connectivity index (χ2n) is 5.28. The molecule has 0 fully saturated rings. The quantitative estimate of drug-likeness (QED) is 0.749. The van der Waals surface area contributed by atoms with Gasteiger partial charge in [-0.05, 0) is 63.3 Å². The molecule has 0 spiro atoms. The molecule has 1 N–H and O–H groups in total. The molecule has 3 heteroatoms. The summed E-state index contributed by atoms with van der Waals surface area (Å²) in [4.78, 5) is 4.18. The van der Waals surface area contributed by atoms with Gasteiger partial charge in [-0.15, -0.1) is 23.1 Å². The average Bonchev–Trinajstić information content (AvgIpc) is 2.84. The summed E-state index contributed by atoms with van der Waals surface area (Å²) in [7, 11) is 0. The van der Waals surface area contributed by atoms with Crippen LogP contribution in [0.25, 0.3) is 0 Å². The van der Waals surface area contributed by atoms with Crippen LogP contribution in [-0.4, -0.2) is 12.3 Å². The molecule has 2 unspecified atom stereocenters. The molecule has 2 atom stereocenters. The average molecular weight is 306 g/mol. The fraction of sp³-hybridized carbons (Fsp3) is 0.412. The van der Waals surface area contributed by atoms with Gasteiger partial charge < -0.3 is 5.32 Å². The van der Waals surface area contributed by atoms with Crippen LogP contribution in [0.5, 0.6) is 0 Å². The third-order valence-electron chi connectivity index (χ3n) is 3.45. The van der Waals surface area contributed by atoms with Crippen LogP contribution in [0, 0.1) is 6.92 Å². The maximum Gasteiger partial charge on any atom is 0.0294 e. The van der Waals surface area contributed by atoms with E-state index >= 15 is 0 Å². The van der Waals surface area contributed by atoms with Crippen molar-refractivity contribution in [2.24, 2.45) is 0 Å². The first-order valence-corrected chi connectivity index (χ1v) is 9.08. The van der Waals surface area contributed by atoms with Crippen LogP contribution in [0.3, 0.4) is 0 Å². The van der Waals surface area contributed by atoms with E-state index in [2.05, 4.69) is 68.7 Å². The highest BCUT2D eigenvalue weighted by Crippen LogP contribution is 2.21. The Bertz CT molecular complexity index is 530. The highest BCUT2D eigenvalue weighted by Gasteiger charge is 2.10. The monoisotopic (exact) mass is 305 g/mol. The van der Waals surface area contributed by atoms with Gasteiger partial charge in [-0.2, -0.15) is 0 Å². The second-order valence-corrected chi connectivity index (χ2v) is 7.53. The van der Waals surface area contributed by atoms with Crippen LogP contribution in [-0.2, 0) is 6.42 Å². The summed E-state index contributed by atoms with van der Waals surface area (Å²) in [5, 5.41) is 3.69. The molecule has 2 aromatic rings. The van der Waals surface area contributed by atoms with Crippen LogP contribution >= 0.6 is 23.1 Å². The normalized spacial score (nSPS) is 14.2. The lowest BCUT2D eigenvalue weighted by molar-refractivity contribution is 0.479. The predicted molar refractivity (Wildman–Crippen MR) is 92.0 cm³/mol. The van der Waals surface area contributed by atoms with Crippen molar-refractivity contribution in [1.29, 1.82) is 0 Å². The molecule has 0 bridgehead atoms. The van der Waals surface area contributed by atoms with Crippen molar-refractivity contribution in [3.05, 3.63) is 51.7 Å². The smallest absolute Gasteiger partial charge is 0.0294 e. The van der Waals surface area contributed by atoms with Crippen molar-refractivity contribution in [3.8, 4) is 0 Å². The van der Waals surface area contributed by atoms with E-state index in [0.29, 0.717) is 12.1 Å². The van der Waals surface area contributed by atoms with E-state index in [0.717, 1.165) is 6.42 Å². The van der Waals surface area contributed by atoms with Gasteiger partial charge in [0.05, 0.1) is 0 Å². The van der Waals surface area contributed by atoms with Crippen molar-refractivity contribution in [3.63, 3.8) is 0 Å². The number of hydrogen-bond donors (Lipinski definition) is 1. The summed E-state index contributed by atoms with van der Waals surface area (Å²) in [6.45, 7) is 6.67. The largest absolute Gasteiger partial charge is 0.307 e. The van der Waals surface area contributed by atoms with Crippen molar-refractivity contribution in [1.82, 2.24) is 5.32 Å². The van der Waals surface area contributed by atoms with Gasteiger partial charge in [-0.1, -0.05) is 12.1 Å². The predicted octanol–water partition coefficient (Wildman–Crippen LogP) is 5.06. The lowest BCUT2D eigenvalue weighted by atomic mass is 10.1. The van der Waals surface area contributed by atoms with Gasteiger partial charge in [0.1, 0.15) is 0 Å². The first-order chi connectivity index (χ1) is 9.58. The maximum absolute atomic E-state index is 3.69. The van der Waals surface area contributed by atoms with E-state index in [1.807, 2.05) is 11.3 Å². The topological polar surface area (TPSA) is 12.0 Å². The highest BCUT2D eigenvalue weighted by atomic mass is 32.2. The van der Waals surface area contributed by atoms with Gasteiger partial charge in [0.15, 0.2) is 0 Å². The van der Waals surface area contributed by atoms with Crippen LogP contribution < -0.4 is 5.32 Å². The molecule has 0 amide bonds. The third kappa shape index (κ3) is 4.37. The summed E-state index contributed by atoms with van der Waals surface area (Å²) in [5.41, 5.74) is 1.36. The number of hydrogen-bond acceptors (Lipinski definition) is 3. The fourth-order valence-electron chi connectivity index (χ4n) is 2.37. The summed E-state index contributed by atoms with van der Waals surface area (Å²) in [6, 6.07) is 14.2. The van der Waals surface area contributed by atoms with Gasteiger partial charge in [0.2, 0.25) is 0 Å². The van der Waals surface area contributed by atoms with E-state index in [-0.39, 0.29) is 0 Å². The number of rotatable bonds is 6. The van der Waals surface area contributed by atoms with Crippen LogP contribution in [0.15, 0.2) is 41.3 Å². The van der Waals surface area contributed by atoms with E-state index in [1.165, 1.54) is 20.2 Å². The molecule has 0 saturated carbocycles. The van der Waals surface area contributed by atoms with Gasteiger partial charge in [0.25, 0.3) is 0 Å². The lowest BCUT2D eigenvalue weighted by Crippen LogP contribution is -2.30. The number of benzene rings is 1. The van der Waals surface area contributed by atoms with Gasteiger partial charge in [0, 0.05) is 26.7 Å². The Morgan fingerprint density at radius 2 is 1.80 bits per heavy atom. The molecule has 0 aliphatic carbocycles. The first kappa shape index (κ1) is 15.6. The van der Waals surface area contributed by atoms with E-state index in [9.17, 15) is 0 Å². The zero-order valence-electron chi connectivity index (χ0n) is 12.6. The Balaban J connectivity index is 1.90. The minimum absolute atomic E-state index is 0.391. The van der Waals surface area contributed by atoms with Crippen molar-refractivity contribution >= 4 is 23.1 Å². The van der Waals surface area contributed by atoms with Gasteiger partial charge in [-0.3, -0.25) is 0 Å². The Morgan fingerprint density at radius 1 is 1.10 bits per heavy atom. The van der Waals surface area contributed by atoms with E-state index in [4.69, 9.17) is 0 Å². The SMILES string of the molecule is CSc1ccc(C(C)NC(C)Cc2ccc(C)s2)cc1. The lowest BCUT2D eigenvalue weighted by Gasteiger charge is -2.20. The molecule has 1 aromatic heterocycles. The Kier molecular flexibility index (Phi) is 5.70. The molecule has 0 aliphatic rings. The van der Waals surface area contributed by atoms with Crippen molar-refractivity contribution < 1.29 is 0 Å². The number of thioether (sulfide) groups is 1. The molecule has 0 radical (unpaired) electrons. The van der Waals surface area contributed by atoms with Crippen LogP contribution in [0.1, 0.15) is 35.2 Å². The molecule has 20 heavy (non-hydrogen) atoms. The minimum Gasteiger partial charge on any atom is -0.307 e. The zero-order chi connectivity index (χ0) is 14.5. The maximum atomic E-state index is 3.69. The Labute approximate surface area is 130 Å². The van der Waals surface area contributed by atoms with Gasteiger partial charge in [-0.25, -0.2) is 0 Å². The Hall–Kier alpha value is -0.770. The molecule has 0 aliphatic heterocycles. The number of nitrogens with one attached hydrogen (secondary N) is 1. The van der Waals surface area contributed by atoms with Crippen molar-refractivity contribution in [2.75, 3.05) is 6.26 Å². The number of thiophene rings is 1. The van der Waals surface area contributed by atoms with E-state index < -0.39 is 0 Å². The molecule has 2 rings (SSSR count). The molecular weight excluding hydrogens is 282 g/mol. The summed E-state index contributed by atoms with van der Waals surface area (Å²) >= 11 is 3.69. The summed E-state index contributed by atoms with van der Waals surface area (Å²) in [5.74, 6) is 0. The Morgan fingerprint density at radius 3 is 2.35 bits per heavy atom. The third-order valence-corrected chi connectivity index (χ3v) is 5.22. The molecule has 1 heterocycles. The molecule has 108 valence electrons. The minimum atomic E-state index is 0.391. The molecule has 1 aromatic carbocycles. The molecular formula is C17H23NS2.